The molecule has 0 N–H and O–H groups in total. The fourth-order valence-corrected chi connectivity index (χ4v) is 2.78. The number of rotatable bonds is 5. The Morgan fingerprint density at radius 1 is 0.579 bits per heavy atom. The minimum absolute atomic E-state index is 0.207. The molecule has 0 saturated carbocycles. The van der Waals surface area contributed by atoms with E-state index in [-0.39, 0.29) is 11.9 Å². The Labute approximate surface area is 229 Å². The largest absolute Gasteiger partial charge is 0.497 e. The van der Waals surface area contributed by atoms with E-state index in [2.05, 4.69) is 0 Å². The van der Waals surface area contributed by atoms with Crippen molar-refractivity contribution < 1.29 is 23.8 Å². The van der Waals surface area contributed by atoms with Gasteiger partial charge in [0.15, 0.2) is 0 Å². The summed E-state index contributed by atoms with van der Waals surface area (Å²) in [6.07, 6.45) is 0.831. The van der Waals surface area contributed by atoms with Crippen LogP contribution in [0.5, 0.6) is 17.2 Å². The third kappa shape index (κ3) is 11.6. The summed E-state index contributed by atoms with van der Waals surface area (Å²) in [5.74, 6) is 1.61. The summed E-state index contributed by atoms with van der Waals surface area (Å²) in [6, 6.07) is 23.1. The summed E-state index contributed by atoms with van der Waals surface area (Å²) in [7, 11) is 1.66. The van der Waals surface area contributed by atoms with Crippen LogP contribution < -0.4 is 14.2 Å². The molecule has 3 aromatic carbocycles. The molecule has 0 aliphatic heterocycles. The summed E-state index contributed by atoms with van der Waals surface area (Å²) < 4.78 is 15.7. The standard InChI is InChI=1S/C19H22O3.C12H16O2.C2H6/c1-19(2,3)18(20)22-17-11-7-15(8-12-17)13-14-5-9-16(21-4)10-6-14;1-9-5-7-10(8-6-9)14-11(13)12(2,3)4;1-2/h5-12H,13H2,1-4H3;5-8H,1-4H3;1-2H3. The minimum atomic E-state index is -0.498. The number of esters is 2. The molecule has 3 aromatic rings. The maximum Gasteiger partial charge on any atom is 0.316 e. The van der Waals surface area contributed by atoms with Crippen molar-refractivity contribution in [3.63, 3.8) is 0 Å². The van der Waals surface area contributed by atoms with Crippen LogP contribution in [0.25, 0.3) is 0 Å². The second-order valence-electron chi connectivity index (χ2n) is 10.8. The third-order valence-corrected chi connectivity index (χ3v) is 5.16. The number of methoxy groups -OCH3 is 1. The van der Waals surface area contributed by atoms with Gasteiger partial charge in [-0.15, -0.1) is 0 Å². The van der Waals surface area contributed by atoms with Crippen molar-refractivity contribution in [1.29, 1.82) is 0 Å². The predicted octanol–water partition coefficient (Wildman–Crippen LogP) is 8.21. The Kier molecular flexibility index (Phi) is 12.8. The molecule has 5 nitrogen and oxygen atoms in total. The first-order valence-corrected chi connectivity index (χ1v) is 13.0. The smallest absolute Gasteiger partial charge is 0.316 e. The monoisotopic (exact) mass is 520 g/mol. The molecule has 0 atom stereocenters. The average molecular weight is 521 g/mol. The zero-order valence-corrected chi connectivity index (χ0v) is 24.7. The maximum atomic E-state index is 11.8. The van der Waals surface area contributed by atoms with Gasteiger partial charge in [0.1, 0.15) is 17.2 Å². The van der Waals surface area contributed by atoms with Gasteiger partial charge in [-0.2, -0.15) is 0 Å². The van der Waals surface area contributed by atoms with Crippen LogP contribution in [-0.4, -0.2) is 19.0 Å². The summed E-state index contributed by atoms with van der Waals surface area (Å²) in [5, 5.41) is 0. The van der Waals surface area contributed by atoms with Crippen LogP contribution in [0.4, 0.5) is 0 Å². The van der Waals surface area contributed by atoms with E-state index >= 15 is 0 Å². The maximum absolute atomic E-state index is 11.8. The Morgan fingerprint density at radius 2 is 0.895 bits per heavy atom. The highest BCUT2D eigenvalue weighted by atomic mass is 16.5. The lowest BCUT2D eigenvalue weighted by molar-refractivity contribution is -0.143. The number of benzene rings is 3. The van der Waals surface area contributed by atoms with Gasteiger partial charge in [0.2, 0.25) is 0 Å². The van der Waals surface area contributed by atoms with Crippen LogP contribution in [0.2, 0.25) is 0 Å². The van der Waals surface area contributed by atoms with Gasteiger partial charge in [0.25, 0.3) is 0 Å². The molecular formula is C33H44O5. The van der Waals surface area contributed by atoms with E-state index in [4.69, 9.17) is 14.2 Å². The number of hydrogen-bond donors (Lipinski definition) is 0. The summed E-state index contributed by atoms with van der Waals surface area (Å²) >= 11 is 0. The van der Waals surface area contributed by atoms with E-state index < -0.39 is 10.8 Å². The first kappa shape index (κ1) is 32.4. The molecule has 0 spiro atoms. The van der Waals surface area contributed by atoms with Gasteiger partial charge in [0.05, 0.1) is 17.9 Å². The second kappa shape index (κ2) is 15.0. The normalized spacial score (nSPS) is 10.7. The molecule has 0 bridgehead atoms. The van der Waals surface area contributed by atoms with Gasteiger partial charge >= 0.3 is 11.9 Å². The minimum Gasteiger partial charge on any atom is -0.497 e. The molecule has 0 aromatic heterocycles. The molecule has 0 amide bonds. The van der Waals surface area contributed by atoms with E-state index in [9.17, 15) is 9.59 Å². The number of ether oxygens (including phenoxy) is 3. The fraction of sp³-hybridized carbons (Fsp3) is 0.394. The van der Waals surface area contributed by atoms with Crippen LogP contribution >= 0.6 is 0 Å². The average Bonchev–Trinajstić information content (AvgIpc) is 2.87. The molecule has 0 heterocycles. The van der Waals surface area contributed by atoms with Crippen LogP contribution in [0, 0.1) is 17.8 Å². The SMILES string of the molecule is CC.COc1ccc(Cc2ccc(OC(=O)C(C)(C)C)cc2)cc1.Cc1ccc(OC(=O)C(C)(C)C)cc1. The highest BCUT2D eigenvalue weighted by molar-refractivity contribution is 5.78. The Balaban J connectivity index is 0.000000389. The van der Waals surface area contributed by atoms with E-state index in [0.29, 0.717) is 11.5 Å². The van der Waals surface area contributed by atoms with Crippen molar-refractivity contribution in [2.75, 3.05) is 7.11 Å². The lowest BCUT2D eigenvalue weighted by Crippen LogP contribution is -2.25. The number of hydrogen-bond acceptors (Lipinski definition) is 5. The molecule has 0 fully saturated rings. The Morgan fingerprint density at radius 3 is 1.21 bits per heavy atom. The van der Waals surface area contributed by atoms with E-state index in [1.54, 1.807) is 19.2 Å². The van der Waals surface area contributed by atoms with Gasteiger partial charge in [0, 0.05) is 0 Å². The Bertz CT molecular complexity index is 1110. The quantitative estimate of drug-likeness (QED) is 0.251. The van der Waals surface area contributed by atoms with Gasteiger partial charge in [-0.1, -0.05) is 55.8 Å². The number of carbonyl (C=O) groups excluding carboxylic acids is 2. The molecule has 3 rings (SSSR count). The predicted molar refractivity (Wildman–Crippen MR) is 155 cm³/mol. The Hall–Kier alpha value is -3.60. The summed E-state index contributed by atoms with van der Waals surface area (Å²) in [4.78, 5) is 23.3. The van der Waals surface area contributed by atoms with Gasteiger partial charge in [-0.25, -0.2) is 0 Å². The fourth-order valence-electron chi connectivity index (χ4n) is 2.78. The molecule has 0 radical (unpaired) electrons. The van der Waals surface area contributed by atoms with Crippen molar-refractivity contribution in [1.82, 2.24) is 0 Å². The zero-order chi connectivity index (χ0) is 28.9. The zero-order valence-electron chi connectivity index (χ0n) is 24.7. The molecule has 38 heavy (non-hydrogen) atoms. The van der Waals surface area contributed by atoms with Crippen molar-refractivity contribution >= 4 is 11.9 Å². The lowest BCUT2D eigenvalue weighted by atomic mass is 9.97. The highest BCUT2D eigenvalue weighted by Gasteiger charge is 2.24. The first-order chi connectivity index (χ1) is 17.8. The lowest BCUT2D eigenvalue weighted by Gasteiger charge is -2.16. The van der Waals surface area contributed by atoms with Crippen molar-refractivity contribution in [2.45, 2.75) is 68.7 Å². The molecule has 0 saturated heterocycles. The molecule has 5 heteroatoms. The second-order valence-corrected chi connectivity index (χ2v) is 10.8. The molecule has 0 unspecified atom stereocenters. The molecular weight excluding hydrogens is 476 g/mol. The van der Waals surface area contributed by atoms with Gasteiger partial charge in [-0.05, 0) is 102 Å². The molecule has 0 aliphatic carbocycles. The molecule has 206 valence electrons. The van der Waals surface area contributed by atoms with Gasteiger partial charge in [-0.3, -0.25) is 9.59 Å². The first-order valence-electron chi connectivity index (χ1n) is 13.0. The third-order valence-electron chi connectivity index (χ3n) is 5.16. The van der Waals surface area contributed by atoms with Crippen molar-refractivity contribution in [3.8, 4) is 17.2 Å². The van der Waals surface area contributed by atoms with Crippen LogP contribution in [-0.2, 0) is 16.0 Å². The van der Waals surface area contributed by atoms with Crippen molar-refractivity contribution in [3.05, 3.63) is 89.5 Å². The van der Waals surface area contributed by atoms with E-state index in [1.807, 2.05) is 123 Å². The highest BCUT2D eigenvalue weighted by Crippen LogP contribution is 2.22. The number of aryl methyl sites for hydroxylation is 1. The molecule has 0 aliphatic rings. The summed E-state index contributed by atoms with van der Waals surface area (Å²) in [5.41, 5.74) is 2.58. The summed E-state index contributed by atoms with van der Waals surface area (Å²) in [6.45, 7) is 17.0. The van der Waals surface area contributed by atoms with E-state index in [0.717, 1.165) is 17.7 Å². The van der Waals surface area contributed by atoms with Crippen molar-refractivity contribution in [2.24, 2.45) is 10.8 Å². The topological polar surface area (TPSA) is 61.8 Å². The van der Waals surface area contributed by atoms with Crippen LogP contribution in [0.3, 0.4) is 0 Å². The van der Waals surface area contributed by atoms with E-state index in [1.165, 1.54) is 11.1 Å². The van der Waals surface area contributed by atoms with Crippen LogP contribution in [0.15, 0.2) is 72.8 Å². The van der Waals surface area contributed by atoms with Gasteiger partial charge < -0.3 is 14.2 Å². The number of carbonyl (C=O) groups is 2. The van der Waals surface area contributed by atoms with Crippen LogP contribution in [0.1, 0.15) is 72.1 Å².